The Morgan fingerprint density at radius 1 is 0.937 bits per heavy atom. The van der Waals surface area contributed by atoms with Crippen LogP contribution in [0.15, 0.2) is 29.3 Å². The lowest BCUT2D eigenvalue weighted by Crippen LogP contribution is -2.62. The molecule has 11 heteroatoms. The Morgan fingerprint density at radius 2 is 1.65 bits per heavy atom. The van der Waals surface area contributed by atoms with Crippen molar-refractivity contribution in [2.24, 2.45) is 74.9 Å². The summed E-state index contributed by atoms with van der Waals surface area (Å²) in [6.07, 6.45) is 10.0. The summed E-state index contributed by atoms with van der Waals surface area (Å²) < 4.78 is 10.9. The molecule has 2 amide bonds. The van der Waals surface area contributed by atoms with Gasteiger partial charge in [0, 0.05) is 49.3 Å². The Bertz CT molecular complexity index is 2020. The molecule has 0 heterocycles. The predicted molar refractivity (Wildman–Crippen MR) is 244 cm³/mol. The molecule has 5 fully saturated rings. The van der Waals surface area contributed by atoms with Crippen LogP contribution in [0, 0.1) is 74.9 Å². The number of carboxylic acids is 1. The average Bonchev–Trinajstić information content (AvgIpc) is 3.49. The monoisotopic (exact) mass is 891 g/mol. The standard InChI is InChI=1S/C52H75ClN2O8/c1-29(2)44-39(57)26-52(27-43(58)54-28-48(4,5)55-46(59)34-12-11-32(53)24-40(34)63-22-21-62-10)20-16-37-33(45(44)52)13-14-42-50(37,8)19-17-41-49(6,7)31(15-18-51(41,42)9)23-38(56)35-25-36(30(35)3)47(60)61/h11-12,24,29-31,33,35-37,41-42H,13-23,25-28H2,1-10H3,(H,54,58)(H,55,59)(H,60,61). The Labute approximate surface area is 381 Å². The highest BCUT2D eigenvalue weighted by molar-refractivity contribution is 6.30. The fraction of sp³-hybridized carbons (Fsp3) is 0.750. The minimum atomic E-state index is -0.787. The lowest BCUT2D eigenvalue weighted by molar-refractivity contribution is -0.193. The van der Waals surface area contributed by atoms with Gasteiger partial charge in [0.05, 0.1) is 23.6 Å². The number of methoxy groups -OCH3 is 1. The summed E-state index contributed by atoms with van der Waals surface area (Å²) in [5, 5.41) is 16.2. The summed E-state index contributed by atoms with van der Waals surface area (Å²) in [6.45, 7) is 20.8. The zero-order valence-corrected chi connectivity index (χ0v) is 40.5. The van der Waals surface area contributed by atoms with Crippen molar-refractivity contribution in [1.29, 1.82) is 0 Å². The second-order valence-electron chi connectivity index (χ2n) is 23.0. The summed E-state index contributed by atoms with van der Waals surface area (Å²) in [7, 11) is 1.58. The topological polar surface area (TPSA) is 148 Å². The van der Waals surface area contributed by atoms with Gasteiger partial charge in [0.15, 0.2) is 5.78 Å². The van der Waals surface area contributed by atoms with Gasteiger partial charge in [-0.05, 0) is 153 Å². The Kier molecular flexibility index (Phi) is 13.3. The number of ketones is 2. The van der Waals surface area contributed by atoms with Crippen LogP contribution in [0.3, 0.4) is 0 Å². The minimum Gasteiger partial charge on any atom is -0.490 e. The first-order chi connectivity index (χ1) is 29.5. The van der Waals surface area contributed by atoms with Gasteiger partial charge >= 0.3 is 5.97 Å². The largest absolute Gasteiger partial charge is 0.490 e. The van der Waals surface area contributed by atoms with Gasteiger partial charge in [-0.25, -0.2) is 0 Å². The number of fused-ring (bicyclic) bond motifs is 7. The van der Waals surface area contributed by atoms with Crippen molar-refractivity contribution in [3.63, 3.8) is 0 Å². The third kappa shape index (κ3) is 8.55. The number of carbonyl (C=O) groups is 5. The second-order valence-corrected chi connectivity index (χ2v) is 23.4. The van der Waals surface area contributed by atoms with Crippen LogP contribution in [0.2, 0.25) is 5.02 Å². The lowest BCUT2D eigenvalue weighted by Gasteiger charge is -2.69. The molecule has 348 valence electrons. The number of nitrogens with one attached hydrogen (secondary N) is 2. The first-order valence-corrected chi connectivity index (χ1v) is 24.4. The van der Waals surface area contributed by atoms with Crippen LogP contribution in [0.4, 0.5) is 0 Å². The van der Waals surface area contributed by atoms with Gasteiger partial charge in [-0.2, -0.15) is 0 Å². The maximum Gasteiger partial charge on any atom is 0.306 e. The average molecular weight is 892 g/mol. The number of aliphatic carboxylic acids is 1. The van der Waals surface area contributed by atoms with Crippen molar-refractivity contribution >= 4 is 41.0 Å². The van der Waals surface area contributed by atoms with E-state index in [-0.39, 0.29) is 82.9 Å². The van der Waals surface area contributed by atoms with Crippen molar-refractivity contribution in [3.8, 4) is 5.75 Å². The van der Waals surface area contributed by atoms with E-state index in [0.717, 1.165) is 56.9 Å². The van der Waals surface area contributed by atoms with E-state index in [2.05, 4.69) is 52.2 Å². The Morgan fingerprint density at radius 3 is 2.32 bits per heavy atom. The number of hydrogen-bond acceptors (Lipinski definition) is 7. The molecule has 11 atom stereocenters. The molecule has 3 N–H and O–H groups in total. The molecule has 5 saturated carbocycles. The van der Waals surface area contributed by atoms with Crippen molar-refractivity contribution in [3.05, 3.63) is 39.9 Å². The van der Waals surface area contributed by atoms with E-state index in [1.54, 1.807) is 25.3 Å². The molecule has 7 rings (SSSR count). The van der Waals surface area contributed by atoms with E-state index in [1.165, 1.54) is 5.57 Å². The van der Waals surface area contributed by atoms with Gasteiger partial charge < -0.3 is 25.2 Å². The highest BCUT2D eigenvalue weighted by atomic mass is 35.5. The molecule has 11 unspecified atom stereocenters. The van der Waals surface area contributed by atoms with E-state index < -0.39 is 22.8 Å². The molecule has 0 aliphatic heterocycles. The highest BCUT2D eigenvalue weighted by Gasteiger charge is 2.66. The van der Waals surface area contributed by atoms with Crippen LogP contribution in [0.5, 0.6) is 5.75 Å². The fourth-order valence-electron chi connectivity index (χ4n) is 15.2. The van der Waals surface area contributed by atoms with Crippen molar-refractivity contribution in [1.82, 2.24) is 10.6 Å². The van der Waals surface area contributed by atoms with Gasteiger partial charge in [0.25, 0.3) is 5.91 Å². The van der Waals surface area contributed by atoms with Crippen LogP contribution in [0.25, 0.3) is 0 Å². The lowest BCUT2D eigenvalue weighted by atomic mass is 9.35. The Balaban J connectivity index is 1.04. The molecule has 6 aliphatic rings. The predicted octanol–water partition coefficient (Wildman–Crippen LogP) is 9.90. The molecule has 0 aromatic heterocycles. The van der Waals surface area contributed by atoms with E-state index in [0.29, 0.717) is 65.9 Å². The molecule has 0 spiro atoms. The number of allylic oxidation sites excluding steroid dienone is 2. The molecule has 1 aromatic carbocycles. The number of carbonyl (C=O) groups excluding carboxylic acids is 4. The highest BCUT2D eigenvalue weighted by Crippen LogP contribution is 2.74. The first-order valence-electron chi connectivity index (χ1n) is 24.0. The van der Waals surface area contributed by atoms with E-state index in [9.17, 15) is 29.1 Å². The maximum atomic E-state index is 14.1. The van der Waals surface area contributed by atoms with E-state index in [1.807, 2.05) is 20.8 Å². The second kappa shape index (κ2) is 17.5. The first kappa shape index (κ1) is 47.7. The van der Waals surface area contributed by atoms with Crippen LogP contribution in [0.1, 0.15) is 150 Å². The number of carboxylic acid groups (broad SMARTS) is 1. The van der Waals surface area contributed by atoms with Crippen LogP contribution in [-0.4, -0.2) is 66.9 Å². The number of amides is 2. The molecule has 0 bridgehead atoms. The van der Waals surface area contributed by atoms with Gasteiger partial charge in [0.2, 0.25) is 5.91 Å². The van der Waals surface area contributed by atoms with Crippen molar-refractivity contribution in [2.45, 2.75) is 145 Å². The van der Waals surface area contributed by atoms with Gasteiger partial charge in [-0.3, -0.25) is 24.0 Å². The van der Waals surface area contributed by atoms with Crippen LogP contribution in [-0.2, 0) is 23.9 Å². The summed E-state index contributed by atoms with van der Waals surface area (Å²) in [5.74, 6) is 1.15. The number of ether oxygens (including phenoxy) is 2. The zero-order valence-electron chi connectivity index (χ0n) is 39.7. The normalized spacial score (nSPS) is 35.7. The molecule has 10 nitrogen and oxygen atoms in total. The quantitative estimate of drug-likeness (QED) is 0.148. The number of halogens is 1. The SMILES string of the molecule is COCCOc1cc(Cl)ccc1C(=O)NC(C)(C)CNC(=O)CC12CCC3C(CCC4C3(C)CCC3C(C)(C)C(CC(=O)C5CC(C(=O)O)C5C)CCC34C)C1=C(C(C)C)C(=O)C2. The number of Topliss-reactive ketones (excluding diaryl/α,β-unsaturated/α-hetero) is 2. The Hall–Kier alpha value is -3.24. The van der Waals surface area contributed by atoms with E-state index >= 15 is 0 Å². The third-order valence-electron chi connectivity index (χ3n) is 18.4. The number of hydrogen-bond donors (Lipinski definition) is 3. The van der Waals surface area contributed by atoms with E-state index in [4.69, 9.17) is 21.1 Å². The minimum absolute atomic E-state index is 0.00499. The summed E-state index contributed by atoms with van der Waals surface area (Å²) >= 11 is 6.23. The molecular formula is C52H75ClN2O8. The molecular weight excluding hydrogens is 816 g/mol. The molecule has 1 aromatic rings. The molecule has 0 radical (unpaired) electrons. The molecule has 6 aliphatic carbocycles. The van der Waals surface area contributed by atoms with Crippen LogP contribution >= 0.6 is 11.6 Å². The number of benzene rings is 1. The van der Waals surface area contributed by atoms with Crippen molar-refractivity contribution in [2.75, 3.05) is 26.9 Å². The van der Waals surface area contributed by atoms with Crippen LogP contribution < -0.4 is 15.4 Å². The van der Waals surface area contributed by atoms with Gasteiger partial charge in [-0.1, -0.05) is 65.6 Å². The molecule has 0 saturated heterocycles. The zero-order chi connectivity index (χ0) is 46.0. The fourth-order valence-corrected chi connectivity index (χ4v) is 15.3. The maximum absolute atomic E-state index is 14.1. The van der Waals surface area contributed by atoms with Gasteiger partial charge in [-0.15, -0.1) is 0 Å². The summed E-state index contributed by atoms with van der Waals surface area (Å²) in [4.78, 5) is 67.1. The number of rotatable bonds is 15. The molecule has 63 heavy (non-hydrogen) atoms. The summed E-state index contributed by atoms with van der Waals surface area (Å²) in [6, 6.07) is 4.90. The van der Waals surface area contributed by atoms with Gasteiger partial charge in [0.1, 0.15) is 18.1 Å². The smallest absolute Gasteiger partial charge is 0.306 e. The van der Waals surface area contributed by atoms with Crippen molar-refractivity contribution < 1.29 is 38.6 Å². The summed E-state index contributed by atoms with van der Waals surface area (Å²) in [5.41, 5.74) is 1.57. The third-order valence-corrected chi connectivity index (χ3v) is 18.6.